The molecule has 2 bridgehead atoms. The van der Waals surface area contributed by atoms with Crippen LogP contribution in [-0.2, 0) is 75.2 Å². The number of aliphatic hydroxyl groups is 2. The molecule has 10 atom stereocenters. The summed E-state index contributed by atoms with van der Waals surface area (Å²) in [4.78, 5) is 129. The number of hydroxylamine groups is 2. The number of anilines is 2. The highest BCUT2D eigenvalue weighted by atomic mass is 16.7. The molecule has 6 amide bonds. The topological polar surface area (TPSA) is 320 Å². The molecule has 79 heavy (non-hydrogen) atoms. The van der Waals surface area contributed by atoms with Gasteiger partial charge in [-0.15, -0.1) is 5.06 Å². The van der Waals surface area contributed by atoms with Crippen molar-refractivity contribution >= 4 is 70.5 Å². The second-order valence-electron chi connectivity index (χ2n) is 23.4. The molecule has 8 fully saturated rings. The number of carbonyl (C=O) groups is 10. The molecule has 0 aromatic heterocycles. The lowest BCUT2D eigenvalue weighted by Gasteiger charge is -2.72. The van der Waals surface area contributed by atoms with E-state index in [1.165, 1.54) is 12.1 Å². The number of fused-ring (bicyclic) bond motifs is 7. The van der Waals surface area contributed by atoms with Gasteiger partial charge in [0.25, 0.3) is 11.8 Å². The largest absolute Gasteiger partial charge is 0.481 e. The van der Waals surface area contributed by atoms with Crippen LogP contribution in [0.15, 0.2) is 72.3 Å². The number of amides is 6. The van der Waals surface area contributed by atoms with E-state index in [0.717, 1.165) is 49.7 Å². The van der Waals surface area contributed by atoms with Gasteiger partial charge in [-0.05, 0) is 123 Å². The zero-order valence-corrected chi connectivity index (χ0v) is 43.9. The van der Waals surface area contributed by atoms with Crippen LogP contribution in [0, 0.1) is 39.4 Å². The number of ketones is 2. The zero-order chi connectivity index (χ0) is 56.2. The number of hydrogen-bond acceptors (Lipinski definition) is 16. The first-order chi connectivity index (χ1) is 37.6. The number of Topliss-reactive ketones (excluding diaryl/α,β-unsaturated/α-hetero) is 1. The van der Waals surface area contributed by atoms with Crippen LogP contribution in [-0.4, -0.2) is 123 Å². The molecule has 11 rings (SSSR count). The smallest absolute Gasteiger partial charge is 0.411 e. The number of carboxylic acids is 1. The SMILES string of the molecule is C[C@]12C=CC(=O)C=C1CC[C@@H]1[C@@H]2[C@@H](O)C[C@@]2(C)[C@H]1C[C@H]1O[C@H](C34CC(Cc5cccc(NC(=O)OCc6ccc(NC(=O)[C@H](CCC(=O)O)NC(=O)CNC(=O)CCC(=O)ON7C(=O)CCC7=O)cc6)c5)(C3)C4)O[C@]12C(=O)CO. The number of carbonyl (C=O) groups excluding carboxylic acids is 9. The number of allylic oxidation sites excluding steroid dienone is 4. The fourth-order valence-electron chi connectivity index (χ4n) is 15.0. The van der Waals surface area contributed by atoms with E-state index < -0.39 is 127 Å². The minimum atomic E-state index is -1.39. The number of carboxylic acid groups (broad SMARTS) is 1. The molecule has 7 aliphatic carbocycles. The van der Waals surface area contributed by atoms with E-state index in [1.54, 1.807) is 30.4 Å². The van der Waals surface area contributed by atoms with Gasteiger partial charge in [-0.25, -0.2) is 9.59 Å². The van der Waals surface area contributed by atoms with Crippen molar-refractivity contribution in [2.24, 2.45) is 39.4 Å². The van der Waals surface area contributed by atoms with Crippen LogP contribution in [0.2, 0.25) is 0 Å². The van der Waals surface area contributed by atoms with Crippen molar-refractivity contribution in [2.45, 2.75) is 140 Å². The number of hydrogen-bond donors (Lipinski definition) is 7. The Morgan fingerprint density at radius 1 is 0.873 bits per heavy atom. The minimum absolute atomic E-state index is 0.00903. The van der Waals surface area contributed by atoms with Gasteiger partial charge in [0.15, 0.2) is 23.5 Å². The molecular formula is C57H65N5O17. The van der Waals surface area contributed by atoms with Crippen molar-refractivity contribution in [3.8, 4) is 0 Å². The number of aliphatic hydroxyl groups excluding tert-OH is 2. The fraction of sp³-hybridized carbons (Fsp3) is 0.544. The van der Waals surface area contributed by atoms with Crippen molar-refractivity contribution in [3.63, 3.8) is 0 Å². The van der Waals surface area contributed by atoms with Crippen molar-refractivity contribution in [1.29, 1.82) is 0 Å². The molecular weight excluding hydrogens is 1030 g/mol. The molecule has 2 aliphatic heterocycles. The summed E-state index contributed by atoms with van der Waals surface area (Å²) >= 11 is 0. The van der Waals surface area contributed by atoms with Gasteiger partial charge in [0.05, 0.1) is 25.2 Å². The average molecular weight is 1090 g/mol. The summed E-state index contributed by atoms with van der Waals surface area (Å²) in [6.45, 7) is 2.73. The van der Waals surface area contributed by atoms with Crippen LogP contribution in [0.3, 0.4) is 0 Å². The van der Waals surface area contributed by atoms with Crippen molar-refractivity contribution in [3.05, 3.63) is 83.5 Å². The molecule has 7 N–H and O–H groups in total. The first-order valence-corrected chi connectivity index (χ1v) is 26.9. The quantitative estimate of drug-likeness (QED) is 0.0926. The van der Waals surface area contributed by atoms with E-state index in [9.17, 15) is 63.3 Å². The van der Waals surface area contributed by atoms with E-state index in [2.05, 4.69) is 28.2 Å². The van der Waals surface area contributed by atoms with Crippen LogP contribution < -0.4 is 21.3 Å². The predicted molar refractivity (Wildman–Crippen MR) is 274 cm³/mol. The minimum Gasteiger partial charge on any atom is -0.481 e. The number of nitrogens with zero attached hydrogens (tertiary/aromatic N) is 1. The maximum Gasteiger partial charge on any atom is 0.411 e. The van der Waals surface area contributed by atoms with Crippen LogP contribution >= 0.6 is 0 Å². The zero-order valence-electron chi connectivity index (χ0n) is 43.9. The van der Waals surface area contributed by atoms with Gasteiger partial charge >= 0.3 is 18.0 Å². The Balaban J connectivity index is 0.671. The highest BCUT2D eigenvalue weighted by Gasteiger charge is 2.80. The summed E-state index contributed by atoms with van der Waals surface area (Å²) in [5.74, 6) is -6.37. The standard InChI is InChI=1S/C57H65N5O17/c1-53-19-18-36(64)21-33(53)8-11-37-38-22-42-57(41(66)26-63,54(38,2)24-40(65)49(37)53)78-51(77-42)56-28-55(29-56,30-56)23-32-4-3-5-35(20-32)60-52(75)76-27-31-6-9-34(10-7-31)59-50(74)39(12-16-47(71)72)61-44(68)25-58-43(67)13-17-48(73)79-62-45(69)14-15-46(62)70/h3-7,9-10,18-21,37-40,42,49,51,63,65H,8,11-17,22-30H2,1-2H3,(H,58,67)(H,59,74)(H,60,75)(H,61,68)(H,71,72)/t37-,38-,39-,40-,42+,49+,51-,53-,54-,55?,56?,57+/m0/s1. The molecule has 22 nitrogen and oxygen atoms in total. The second kappa shape index (κ2) is 21.2. The lowest BCUT2D eigenvalue weighted by molar-refractivity contribution is -0.323. The predicted octanol–water partition coefficient (Wildman–Crippen LogP) is 3.87. The van der Waals surface area contributed by atoms with Gasteiger partial charge in [0, 0.05) is 59.2 Å². The third-order valence-electron chi connectivity index (χ3n) is 18.3. The maximum absolute atomic E-state index is 14.1. The first kappa shape index (κ1) is 55.2. The van der Waals surface area contributed by atoms with Crippen LogP contribution in [0.4, 0.5) is 16.2 Å². The third-order valence-corrected chi connectivity index (χ3v) is 18.3. The summed E-state index contributed by atoms with van der Waals surface area (Å²) in [7, 11) is 0. The summed E-state index contributed by atoms with van der Waals surface area (Å²) in [5, 5.41) is 42.2. The Kier molecular flexibility index (Phi) is 14.8. The van der Waals surface area contributed by atoms with Gasteiger partial charge in [-0.3, -0.25) is 43.7 Å². The van der Waals surface area contributed by atoms with E-state index in [1.807, 2.05) is 31.2 Å². The van der Waals surface area contributed by atoms with Gasteiger partial charge in [0.1, 0.15) is 19.3 Å². The van der Waals surface area contributed by atoms with Gasteiger partial charge in [-0.2, -0.15) is 0 Å². The molecule has 22 heteroatoms. The van der Waals surface area contributed by atoms with Gasteiger partial charge in [0.2, 0.25) is 17.7 Å². The monoisotopic (exact) mass is 1090 g/mol. The van der Waals surface area contributed by atoms with Crippen LogP contribution in [0.1, 0.15) is 108 Å². The Labute approximate surface area is 454 Å². The molecule has 2 aromatic rings. The highest BCUT2D eigenvalue weighted by molar-refractivity contribution is 6.02. The summed E-state index contributed by atoms with van der Waals surface area (Å²) in [6, 6.07) is 12.5. The molecule has 0 radical (unpaired) electrons. The molecule has 2 heterocycles. The number of rotatable bonds is 20. The van der Waals surface area contributed by atoms with Crippen molar-refractivity contribution in [2.75, 3.05) is 23.8 Å². The number of imide groups is 1. The number of benzene rings is 2. The third kappa shape index (κ3) is 10.3. The fourth-order valence-corrected chi connectivity index (χ4v) is 15.0. The number of nitrogens with one attached hydrogen (secondary N) is 4. The molecule has 6 saturated carbocycles. The average Bonchev–Trinajstić information content (AvgIpc) is 3.21. The first-order valence-electron chi connectivity index (χ1n) is 26.9. The van der Waals surface area contributed by atoms with Crippen LogP contribution in [0.5, 0.6) is 0 Å². The Bertz CT molecular complexity index is 2920. The molecule has 2 saturated heterocycles. The molecule has 420 valence electrons. The Hall–Kier alpha value is -7.14. The van der Waals surface area contributed by atoms with E-state index in [4.69, 9.17) is 19.0 Å². The summed E-state index contributed by atoms with van der Waals surface area (Å²) in [6.07, 6.45) is 6.39. The van der Waals surface area contributed by atoms with Crippen molar-refractivity contribution < 1.29 is 82.3 Å². The van der Waals surface area contributed by atoms with E-state index >= 15 is 0 Å². The lowest BCUT2D eigenvalue weighted by atomic mass is 9.33. The molecule has 9 aliphatic rings. The lowest BCUT2D eigenvalue weighted by Crippen LogP contribution is -2.69. The van der Waals surface area contributed by atoms with Crippen molar-refractivity contribution in [1.82, 2.24) is 15.7 Å². The summed E-state index contributed by atoms with van der Waals surface area (Å²) < 4.78 is 19.3. The molecule has 2 aromatic carbocycles. The summed E-state index contributed by atoms with van der Waals surface area (Å²) in [5.41, 5.74) is 0.538. The number of aliphatic carboxylic acids is 1. The second-order valence-corrected chi connectivity index (χ2v) is 23.4. The molecule has 0 spiro atoms. The Morgan fingerprint density at radius 3 is 2.32 bits per heavy atom. The highest BCUT2D eigenvalue weighted by Crippen LogP contribution is 2.79. The molecule has 0 unspecified atom stereocenters. The number of ether oxygens (including phenoxy) is 3. The maximum atomic E-state index is 14.1. The Morgan fingerprint density at radius 2 is 1.61 bits per heavy atom. The van der Waals surface area contributed by atoms with Crippen LogP contribution in [0.25, 0.3) is 0 Å². The van der Waals surface area contributed by atoms with Gasteiger partial charge in [-0.1, -0.05) is 49.8 Å². The normalized spacial score (nSPS) is 32.8. The van der Waals surface area contributed by atoms with E-state index in [0.29, 0.717) is 29.2 Å². The van der Waals surface area contributed by atoms with E-state index in [-0.39, 0.29) is 65.9 Å². The van der Waals surface area contributed by atoms with Gasteiger partial charge < -0.3 is 50.3 Å².